The van der Waals surface area contributed by atoms with Crippen LogP contribution in [0, 0.1) is 0 Å². The van der Waals surface area contributed by atoms with Gasteiger partial charge < -0.3 is 15.2 Å². The normalized spacial score (nSPS) is 12.5. The first-order valence-electron chi connectivity index (χ1n) is 7.56. The van der Waals surface area contributed by atoms with Crippen LogP contribution < -0.4 is 10.6 Å². The van der Waals surface area contributed by atoms with E-state index in [1.54, 1.807) is 0 Å². The SMILES string of the molecule is CCn1c(C(C)NC(=O)CCCNC)nc2ccccc21. The summed E-state index contributed by atoms with van der Waals surface area (Å²) < 4.78 is 2.16. The van der Waals surface area contributed by atoms with E-state index in [1.165, 1.54) is 0 Å². The first kappa shape index (κ1) is 15.5. The Morgan fingerprint density at radius 1 is 1.38 bits per heavy atom. The molecule has 5 heteroatoms. The predicted molar refractivity (Wildman–Crippen MR) is 85.1 cm³/mol. The molecule has 2 aromatic rings. The molecule has 1 aromatic carbocycles. The zero-order valence-electron chi connectivity index (χ0n) is 13.0. The Hall–Kier alpha value is -1.88. The Balaban J connectivity index is 2.11. The molecule has 1 unspecified atom stereocenters. The van der Waals surface area contributed by atoms with Gasteiger partial charge in [0.2, 0.25) is 5.91 Å². The summed E-state index contributed by atoms with van der Waals surface area (Å²) in [7, 11) is 1.89. The van der Waals surface area contributed by atoms with E-state index in [2.05, 4.69) is 33.2 Å². The number of nitrogens with one attached hydrogen (secondary N) is 2. The fraction of sp³-hybridized carbons (Fsp3) is 0.500. The first-order valence-corrected chi connectivity index (χ1v) is 7.56. The van der Waals surface area contributed by atoms with Crippen molar-refractivity contribution in [3.8, 4) is 0 Å². The lowest BCUT2D eigenvalue weighted by Crippen LogP contribution is -2.29. The highest BCUT2D eigenvalue weighted by molar-refractivity contribution is 5.78. The molecule has 0 bridgehead atoms. The van der Waals surface area contributed by atoms with Crippen molar-refractivity contribution in [3.63, 3.8) is 0 Å². The van der Waals surface area contributed by atoms with Crippen molar-refractivity contribution >= 4 is 16.9 Å². The van der Waals surface area contributed by atoms with Gasteiger partial charge in [0.05, 0.1) is 17.1 Å². The van der Waals surface area contributed by atoms with Crippen LogP contribution in [0.4, 0.5) is 0 Å². The summed E-state index contributed by atoms with van der Waals surface area (Å²) in [6.07, 6.45) is 1.39. The zero-order chi connectivity index (χ0) is 15.2. The van der Waals surface area contributed by atoms with Crippen LogP contribution in [0.3, 0.4) is 0 Å². The molecule has 0 aliphatic rings. The average Bonchev–Trinajstić information content (AvgIpc) is 2.86. The van der Waals surface area contributed by atoms with Crippen molar-refractivity contribution in [2.24, 2.45) is 0 Å². The fourth-order valence-electron chi connectivity index (χ4n) is 2.56. The number of imidazole rings is 1. The molecular formula is C16H24N4O. The largest absolute Gasteiger partial charge is 0.346 e. The Kier molecular flexibility index (Phi) is 5.33. The number of aromatic nitrogens is 2. The molecule has 2 N–H and O–H groups in total. The number of hydrogen-bond acceptors (Lipinski definition) is 3. The van der Waals surface area contributed by atoms with Crippen LogP contribution in [0.25, 0.3) is 11.0 Å². The van der Waals surface area contributed by atoms with E-state index in [9.17, 15) is 4.79 Å². The lowest BCUT2D eigenvalue weighted by Gasteiger charge is -2.15. The number of rotatable bonds is 7. The summed E-state index contributed by atoms with van der Waals surface area (Å²) in [4.78, 5) is 16.6. The highest BCUT2D eigenvalue weighted by Crippen LogP contribution is 2.20. The molecule has 0 aliphatic heterocycles. The first-order chi connectivity index (χ1) is 10.2. The van der Waals surface area contributed by atoms with E-state index < -0.39 is 0 Å². The van der Waals surface area contributed by atoms with Crippen molar-refractivity contribution in [1.82, 2.24) is 20.2 Å². The third-order valence-electron chi connectivity index (χ3n) is 3.60. The molecule has 1 amide bonds. The van der Waals surface area contributed by atoms with E-state index in [-0.39, 0.29) is 11.9 Å². The van der Waals surface area contributed by atoms with Gasteiger partial charge in [0.1, 0.15) is 5.82 Å². The molecule has 114 valence electrons. The standard InChI is InChI=1S/C16H24N4O/c1-4-20-14-9-6-5-8-13(14)19-16(20)12(2)18-15(21)10-7-11-17-3/h5-6,8-9,12,17H,4,7,10-11H2,1-3H3,(H,18,21). The summed E-state index contributed by atoms with van der Waals surface area (Å²) in [5.74, 6) is 0.994. The van der Waals surface area contributed by atoms with Crippen molar-refractivity contribution in [1.29, 1.82) is 0 Å². The van der Waals surface area contributed by atoms with E-state index in [1.807, 2.05) is 32.2 Å². The molecule has 0 spiro atoms. The van der Waals surface area contributed by atoms with Gasteiger partial charge in [-0.2, -0.15) is 0 Å². The quantitative estimate of drug-likeness (QED) is 0.768. The van der Waals surface area contributed by atoms with Gasteiger partial charge in [-0.05, 0) is 46.0 Å². The smallest absolute Gasteiger partial charge is 0.220 e. The van der Waals surface area contributed by atoms with E-state index >= 15 is 0 Å². The minimum atomic E-state index is -0.0839. The molecule has 0 aliphatic carbocycles. The van der Waals surface area contributed by atoms with Crippen LogP contribution in [0.1, 0.15) is 38.6 Å². The van der Waals surface area contributed by atoms with Gasteiger partial charge in [-0.1, -0.05) is 12.1 Å². The molecule has 1 aromatic heterocycles. The van der Waals surface area contributed by atoms with Gasteiger partial charge in [-0.15, -0.1) is 0 Å². The number of para-hydroxylation sites is 2. The lowest BCUT2D eigenvalue weighted by molar-refractivity contribution is -0.121. The Bertz CT molecular complexity index is 605. The highest BCUT2D eigenvalue weighted by atomic mass is 16.1. The number of carbonyl (C=O) groups is 1. The number of aryl methyl sites for hydroxylation is 1. The molecular weight excluding hydrogens is 264 g/mol. The van der Waals surface area contributed by atoms with Crippen LogP contribution in [-0.2, 0) is 11.3 Å². The molecule has 0 radical (unpaired) electrons. The maximum atomic E-state index is 11.9. The topological polar surface area (TPSA) is 59.0 Å². The van der Waals surface area contributed by atoms with E-state index in [0.717, 1.165) is 36.4 Å². The summed E-state index contributed by atoms with van der Waals surface area (Å²) in [5, 5.41) is 6.09. The van der Waals surface area contributed by atoms with Crippen LogP contribution in [0.2, 0.25) is 0 Å². The Morgan fingerprint density at radius 3 is 2.86 bits per heavy atom. The Labute approximate surface area is 125 Å². The third kappa shape index (κ3) is 3.61. The van der Waals surface area contributed by atoms with Crippen molar-refractivity contribution < 1.29 is 4.79 Å². The zero-order valence-corrected chi connectivity index (χ0v) is 13.0. The second-order valence-corrected chi connectivity index (χ2v) is 5.20. The Morgan fingerprint density at radius 2 is 2.14 bits per heavy atom. The molecule has 1 heterocycles. The maximum Gasteiger partial charge on any atom is 0.220 e. The number of benzene rings is 1. The maximum absolute atomic E-state index is 11.9. The number of amides is 1. The number of hydrogen-bond donors (Lipinski definition) is 2. The van der Waals surface area contributed by atoms with Crippen LogP contribution >= 0.6 is 0 Å². The minimum Gasteiger partial charge on any atom is -0.346 e. The number of fused-ring (bicyclic) bond motifs is 1. The van der Waals surface area contributed by atoms with Crippen molar-refractivity contribution in [2.75, 3.05) is 13.6 Å². The summed E-state index contributed by atoms with van der Waals surface area (Å²) >= 11 is 0. The number of nitrogens with zero attached hydrogens (tertiary/aromatic N) is 2. The highest BCUT2D eigenvalue weighted by Gasteiger charge is 2.17. The van der Waals surface area contributed by atoms with Crippen molar-refractivity contribution in [2.45, 2.75) is 39.3 Å². The van der Waals surface area contributed by atoms with E-state index in [0.29, 0.717) is 6.42 Å². The number of carbonyl (C=O) groups excluding carboxylic acids is 1. The van der Waals surface area contributed by atoms with Gasteiger partial charge >= 0.3 is 0 Å². The van der Waals surface area contributed by atoms with Gasteiger partial charge in [0.25, 0.3) is 0 Å². The van der Waals surface area contributed by atoms with Crippen molar-refractivity contribution in [3.05, 3.63) is 30.1 Å². The molecule has 21 heavy (non-hydrogen) atoms. The fourth-order valence-corrected chi connectivity index (χ4v) is 2.56. The molecule has 5 nitrogen and oxygen atoms in total. The minimum absolute atomic E-state index is 0.0764. The monoisotopic (exact) mass is 288 g/mol. The molecule has 1 atom stereocenters. The molecule has 2 rings (SSSR count). The van der Waals surface area contributed by atoms with Crippen LogP contribution in [0.15, 0.2) is 24.3 Å². The van der Waals surface area contributed by atoms with E-state index in [4.69, 9.17) is 0 Å². The molecule has 0 saturated carbocycles. The van der Waals surface area contributed by atoms with Gasteiger partial charge in [-0.25, -0.2) is 4.98 Å². The second-order valence-electron chi connectivity index (χ2n) is 5.20. The average molecular weight is 288 g/mol. The summed E-state index contributed by atoms with van der Waals surface area (Å²) in [6.45, 7) is 5.79. The van der Waals surface area contributed by atoms with Crippen LogP contribution in [-0.4, -0.2) is 29.1 Å². The molecule has 0 saturated heterocycles. The lowest BCUT2D eigenvalue weighted by atomic mass is 10.2. The second kappa shape index (κ2) is 7.22. The third-order valence-corrected chi connectivity index (χ3v) is 3.60. The predicted octanol–water partition coefficient (Wildman–Crippen LogP) is 2.23. The summed E-state index contributed by atoms with van der Waals surface area (Å²) in [5.41, 5.74) is 2.09. The van der Waals surface area contributed by atoms with Gasteiger partial charge in [0, 0.05) is 13.0 Å². The molecule has 0 fully saturated rings. The summed E-state index contributed by atoms with van der Waals surface area (Å²) in [6, 6.07) is 7.99. The van der Waals surface area contributed by atoms with Gasteiger partial charge in [-0.3, -0.25) is 4.79 Å². The van der Waals surface area contributed by atoms with Gasteiger partial charge in [0.15, 0.2) is 0 Å². The van der Waals surface area contributed by atoms with Crippen LogP contribution in [0.5, 0.6) is 0 Å².